The molecular formula is C20H25N3O3. The summed E-state index contributed by atoms with van der Waals surface area (Å²) in [5, 5.41) is 2.88. The molecule has 0 bridgehead atoms. The molecule has 6 nitrogen and oxygen atoms in total. The number of fused-ring (bicyclic) bond motifs is 1. The molecule has 26 heavy (non-hydrogen) atoms. The standard InChI is InChI=1S/C20H25N3O3/c1-3-9-23(10-4-2)19-8-5-15(14-21-19)20(24)22-16-6-7-17-18(13-16)26-12-11-25-17/h5-8,13-14H,3-4,9-12H2,1-2H3,(H,22,24). The monoisotopic (exact) mass is 355 g/mol. The van der Waals surface area contributed by atoms with Gasteiger partial charge in [-0.05, 0) is 37.1 Å². The smallest absolute Gasteiger partial charge is 0.257 e. The molecule has 0 atom stereocenters. The van der Waals surface area contributed by atoms with Gasteiger partial charge in [-0.2, -0.15) is 0 Å². The molecule has 0 aliphatic carbocycles. The fourth-order valence-corrected chi connectivity index (χ4v) is 2.91. The lowest BCUT2D eigenvalue weighted by Gasteiger charge is -2.22. The molecule has 0 radical (unpaired) electrons. The maximum atomic E-state index is 12.5. The van der Waals surface area contributed by atoms with Crippen molar-refractivity contribution in [3.63, 3.8) is 0 Å². The van der Waals surface area contributed by atoms with Crippen molar-refractivity contribution in [1.29, 1.82) is 0 Å². The number of carbonyl (C=O) groups excluding carboxylic acids is 1. The van der Waals surface area contributed by atoms with E-state index >= 15 is 0 Å². The molecule has 0 unspecified atom stereocenters. The molecule has 0 saturated heterocycles. The summed E-state index contributed by atoms with van der Waals surface area (Å²) in [6, 6.07) is 9.10. The van der Waals surface area contributed by atoms with E-state index in [9.17, 15) is 4.79 Å². The maximum Gasteiger partial charge on any atom is 0.257 e. The van der Waals surface area contributed by atoms with Crippen molar-refractivity contribution in [3.8, 4) is 11.5 Å². The fourth-order valence-electron chi connectivity index (χ4n) is 2.91. The van der Waals surface area contributed by atoms with E-state index in [2.05, 4.69) is 29.0 Å². The Balaban J connectivity index is 1.68. The van der Waals surface area contributed by atoms with E-state index < -0.39 is 0 Å². The summed E-state index contributed by atoms with van der Waals surface area (Å²) < 4.78 is 11.0. The average molecular weight is 355 g/mol. The Morgan fingerprint density at radius 1 is 1.08 bits per heavy atom. The minimum absolute atomic E-state index is 0.196. The summed E-state index contributed by atoms with van der Waals surface area (Å²) in [6.07, 6.45) is 3.75. The summed E-state index contributed by atoms with van der Waals surface area (Å²) in [4.78, 5) is 19.2. The van der Waals surface area contributed by atoms with E-state index in [0.29, 0.717) is 36.0 Å². The summed E-state index contributed by atoms with van der Waals surface area (Å²) in [5.41, 5.74) is 1.19. The van der Waals surface area contributed by atoms with E-state index in [4.69, 9.17) is 9.47 Å². The molecule has 1 N–H and O–H groups in total. The number of carbonyl (C=O) groups is 1. The van der Waals surface area contributed by atoms with Crippen LogP contribution in [-0.2, 0) is 0 Å². The third kappa shape index (κ3) is 4.25. The highest BCUT2D eigenvalue weighted by Crippen LogP contribution is 2.32. The van der Waals surface area contributed by atoms with Gasteiger partial charge in [0.25, 0.3) is 5.91 Å². The molecule has 1 aliphatic rings. The van der Waals surface area contributed by atoms with Crippen molar-refractivity contribution in [2.75, 3.05) is 36.5 Å². The topological polar surface area (TPSA) is 63.7 Å². The molecule has 6 heteroatoms. The van der Waals surface area contributed by atoms with Crippen molar-refractivity contribution in [2.24, 2.45) is 0 Å². The van der Waals surface area contributed by atoms with Crippen LogP contribution < -0.4 is 19.7 Å². The van der Waals surface area contributed by atoms with Crippen LogP contribution in [-0.4, -0.2) is 37.2 Å². The molecule has 0 saturated carbocycles. The predicted molar refractivity (Wildman–Crippen MR) is 102 cm³/mol. The zero-order valence-electron chi connectivity index (χ0n) is 15.3. The number of pyridine rings is 1. The van der Waals surface area contributed by atoms with Crippen molar-refractivity contribution < 1.29 is 14.3 Å². The number of rotatable bonds is 7. The number of benzene rings is 1. The molecule has 0 fully saturated rings. The second-order valence-electron chi connectivity index (χ2n) is 6.20. The number of anilines is 2. The van der Waals surface area contributed by atoms with Gasteiger partial charge in [0.05, 0.1) is 5.56 Å². The minimum Gasteiger partial charge on any atom is -0.486 e. The van der Waals surface area contributed by atoms with Crippen LogP contribution in [0.4, 0.5) is 11.5 Å². The number of nitrogens with one attached hydrogen (secondary N) is 1. The second kappa shape index (κ2) is 8.56. The van der Waals surface area contributed by atoms with Crippen molar-refractivity contribution in [1.82, 2.24) is 4.98 Å². The number of amides is 1. The Bertz CT molecular complexity index is 740. The van der Waals surface area contributed by atoms with Gasteiger partial charge in [0.15, 0.2) is 11.5 Å². The Kier molecular flexibility index (Phi) is 5.94. The number of hydrogen-bond acceptors (Lipinski definition) is 5. The lowest BCUT2D eigenvalue weighted by Crippen LogP contribution is -2.26. The number of ether oxygens (including phenoxy) is 2. The van der Waals surface area contributed by atoms with Crippen LogP contribution in [0.3, 0.4) is 0 Å². The molecule has 1 amide bonds. The van der Waals surface area contributed by atoms with Crippen LogP contribution in [0.5, 0.6) is 11.5 Å². The molecule has 1 aromatic carbocycles. The van der Waals surface area contributed by atoms with Crippen LogP contribution >= 0.6 is 0 Å². The SMILES string of the molecule is CCCN(CCC)c1ccc(C(=O)Nc2ccc3c(c2)OCCO3)cn1. The van der Waals surface area contributed by atoms with Crippen LogP contribution in [0, 0.1) is 0 Å². The molecule has 138 valence electrons. The number of aromatic nitrogens is 1. The van der Waals surface area contributed by atoms with E-state index in [1.54, 1.807) is 24.4 Å². The molecular weight excluding hydrogens is 330 g/mol. The molecule has 2 aromatic rings. The first-order chi connectivity index (χ1) is 12.7. The van der Waals surface area contributed by atoms with Gasteiger partial charge in [0.2, 0.25) is 0 Å². The Morgan fingerprint density at radius 2 is 1.81 bits per heavy atom. The minimum atomic E-state index is -0.196. The van der Waals surface area contributed by atoms with Gasteiger partial charge < -0.3 is 19.7 Å². The second-order valence-corrected chi connectivity index (χ2v) is 6.20. The third-order valence-electron chi connectivity index (χ3n) is 4.12. The highest BCUT2D eigenvalue weighted by molar-refractivity contribution is 6.04. The highest BCUT2D eigenvalue weighted by atomic mass is 16.6. The molecule has 1 aliphatic heterocycles. The first kappa shape index (κ1) is 18.0. The third-order valence-corrected chi connectivity index (χ3v) is 4.12. The summed E-state index contributed by atoms with van der Waals surface area (Å²) in [6.45, 7) is 7.29. The first-order valence-electron chi connectivity index (χ1n) is 9.13. The lowest BCUT2D eigenvalue weighted by molar-refractivity contribution is 0.102. The maximum absolute atomic E-state index is 12.5. The van der Waals surface area contributed by atoms with Crippen LogP contribution in [0.1, 0.15) is 37.0 Å². The Labute approximate surface area is 154 Å². The van der Waals surface area contributed by atoms with E-state index in [0.717, 1.165) is 31.7 Å². The summed E-state index contributed by atoms with van der Waals surface area (Å²) >= 11 is 0. The van der Waals surface area contributed by atoms with Crippen molar-refractivity contribution in [3.05, 3.63) is 42.1 Å². The van der Waals surface area contributed by atoms with Gasteiger partial charge in [-0.3, -0.25) is 4.79 Å². The van der Waals surface area contributed by atoms with E-state index in [-0.39, 0.29) is 5.91 Å². The Hall–Kier alpha value is -2.76. The molecule has 1 aromatic heterocycles. The number of nitrogens with zero attached hydrogens (tertiary/aromatic N) is 2. The van der Waals surface area contributed by atoms with Crippen LogP contribution in [0.2, 0.25) is 0 Å². The van der Waals surface area contributed by atoms with Gasteiger partial charge in [0.1, 0.15) is 19.0 Å². The normalized spacial score (nSPS) is 12.5. The summed E-state index contributed by atoms with van der Waals surface area (Å²) in [5.74, 6) is 2.06. The van der Waals surface area contributed by atoms with Crippen molar-refractivity contribution in [2.45, 2.75) is 26.7 Å². The van der Waals surface area contributed by atoms with Crippen molar-refractivity contribution >= 4 is 17.4 Å². The molecule has 2 heterocycles. The largest absolute Gasteiger partial charge is 0.486 e. The van der Waals surface area contributed by atoms with Gasteiger partial charge in [-0.25, -0.2) is 4.98 Å². The quantitative estimate of drug-likeness (QED) is 0.820. The molecule has 3 rings (SSSR count). The number of hydrogen-bond donors (Lipinski definition) is 1. The van der Waals surface area contributed by atoms with Gasteiger partial charge in [-0.1, -0.05) is 13.8 Å². The van der Waals surface area contributed by atoms with E-state index in [1.807, 2.05) is 12.1 Å². The zero-order chi connectivity index (χ0) is 18.4. The van der Waals surface area contributed by atoms with Crippen LogP contribution in [0.25, 0.3) is 0 Å². The lowest BCUT2D eigenvalue weighted by atomic mass is 10.2. The Morgan fingerprint density at radius 3 is 2.46 bits per heavy atom. The zero-order valence-corrected chi connectivity index (χ0v) is 15.3. The van der Waals surface area contributed by atoms with Crippen LogP contribution in [0.15, 0.2) is 36.5 Å². The molecule has 0 spiro atoms. The van der Waals surface area contributed by atoms with E-state index in [1.165, 1.54) is 0 Å². The van der Waals surface area contributed by atoms with Gasteiger partial charge in [-0.15, -0.1) is 0 Å². The average Bonchev–Trinajstić information content (AvgIpc) is 2.68. The summed E-state index contributed by atoms with van der Waals surface area (Å²) in [7, 11) is 0. The highest BCUT2D eigenvalue weighted by Gasteiger charge is 2.14. The first-order valence-corrected chi connectivity index (χ1v) is 9.13. The fraction of sp³-hybridized carbons (Fsp3) is 0.400. The van der Waals surface area contributed by atoms with Gasteiger partial charge >= 0.3 is 0 Å². The predicted octanol–water partition coefficient (Wildman–Crippen LogP) is 3.73. The van der Waals surface area contributed by atoms with Gasteiger partial charge in [0, 0.05) is 31.0 Å².